The van der Waals surface area contributed by atoms with E-state index in [0.717, 1.165) is 0 Å². The van der Waals surface area contributed by atoms with E-state index < -0.39 is 6.23 Å². The largest absolute Gasteiger partial charge is 0.379 e. The van der Waals surface area contributed by atoms with E-state index in [0.29, 0.717) is 6.42 Å². The number of hydrogen-bond donors (Lipinski definition) is 3. The zero-order valence-electron chi connectivity index (χ0n) is 4.46. The van der Waals surface area contributed by atoms with Crippen molar-refractivity contribution >= 4 is 0 Å². The quantitative estimate of drug-likeness (QED) is 0.393. The van der Waals surface area contributed by atoms with Crippen LogP contribution in [-0.2, 0) is 0 Å². The normalized spacial score (nSPS) is 18.9. The Labute approximate surface area is 43.3 Å². The Hall–Kier alpha value is -0.120. The first-order chi connectivity index (χ1) is 3.13. The summed E-state index contributed by atoms with van der Waals surface area (Å²) in [6, 6.07) is -0.000000000000000444. The van der Waals surface area contributed by atoms with Gasteiger partial charge in [0, 0.05) is 12.5 Å². The van der Waals surface area contributed by atoms with Gasteiger partial charge in [0.15, 0.2) is 0 Å². The van der Waals surface area contributed by atoms with Crippen LogP contribution in [0.3, 0.4) is 0 Å². The second kappa shape index (κ2) is 2.96. The molecule has 3 heteroatoms. The third-order valence-electron chi connectivity index (χ3n) is 0.613. The summed E-state index contributed by atoms with van der Waals surface area (Å²) in [5, 5.41) is 8.42. The molecule has 0 aliphatic rings. The van der Waals surface area contributed by atoms with Crippen LogP contribution in [0.4, 0.5) is 0 Å². The molecule has 0 aliphatic carbocycles. The fourth-order valence-corrected chi connectivity index (χ4v) is 0.381. The smallest absolute Gasteiger partial charge is 0.103 e. The first-order valence-corrected chi connectivity index (χ1v) is 2.32. The van der Waals surface area contributed by atoms with Crippen molar-refractivity contribution in [3.8, 4) is 0 Å². The molecule has 3 nitrogen and oxygen atoms in total. The molecule has 0 amide bonds. The van der Waals surface area contributed by atoms with Gasteiger partial charge in [-0.05, 0) is 6.92 Å². The summed E-state index contributed by atoms with van der Waals surface area (Å²) in [5.41, 5.74) is 10.2. The van der Waals surface area contributed by atoms with Crippen LogP contribution in [0.5, 0.6) is 0 Å². The predicted molar refractivity (Wildman–Crippen MR) is 28.5 cm³/mol. The van der Waals surface area contributed by atoms with Gasteiger partial charge in [0.2, 0.25) is 0 Å². The number of nitrogens with two attached hydrogens (primary N) is 2. The van der Waals surface area contributed by atoms with E-state index in [1.165, 1.54) is 0 Å². The Balaban J connectivity index is 2.95. The van der Waals surface area contributed by atoms with Crippen LogP contribution < -0.4 is 11.5 Å². The van der Waals surface area contributed by atoms with Gasteiger partial charge in [0.1, 0.15) is 6.23 Å². The highest BCUT2D eigenvalue weighted by molar-refractivity contribution is 4.55. The van der Waals surface area contributed by atoms with Gasteiger partial charge in [-0.1, -0.05) is 0 Å². The average Bonchev–Trinajstić information content (AvgIpc) is 1.27. The van der Waals surface area contributed by atoms with Crippen molar-refractivity contribution < 1.29 is 5.11 Å². The lowest BCUT2D eigenvalue weighted by Crippen LogP contribution is -2.28. The van der Waals surface area contributed by atoms with E-state index in [1.54, 1.807) is 6.92 Å². The van der Waals surface area contributed by atoms with Gasteiger partial charge in [-0.3, -0.25) is 0 Å². The van der Waals surface area contributed by atoms with Crippen molar-refractivity contribution in [2.75, 3.05) is 0 Å². The summed E-state index contributed by atoms with van der Waals surface area (Å²) in [4.78, 5) is 0. The predicted octanol–water partition coefficient (Wildman–Crippen LogP) is -0.999. The fourth-order valence-electron chi connectivity index (χ4n) is 0.381. The molecule has 0 spiro atoms. The maximum Gasteiger partial charge on any atom is 0.103 e. The highest BCUT2D eigenvalue weighted by Gasteiger charge is 1.97. The van der Waals surface area contributed by atoms with E-state index in [-0.39, 0.29) is 6.04 Å². The Kier molecular flexibility index (Phi) is 2.91. The van der Waals surface area contributed by atoms with Crippen molar-refractivity contribution in [1.29, 1.82) is 0 Å². The van der Waals surface area contributed by atoms with Crippen LogP contribution in [-0.4, -0.2) is 17.4 Å². The fraction of sp³-hybridized carbons (Fsp3) is 1.00. The molecule has 0 saturated carbocycles. The third-order valence-corrected chi connectivity index (χ3v) is 0.613. The van der Waals surface area contributed by atoms with Gasteiger partial charge in [-0.25, -0.2) is 0 Å². The van der Waals surface area contributed by atoms with Crippen molar-refractivity contribution in [3.05, 3.63) is 0 Å². The second-order valence-corrected chi connectivity index (χ2v) is 1.78. The zero-order chi connectivity index (χ0) is 5.86. The molecule has 0 radical (unpaired) electrons. The third kappa shape index (κ3) is 5.88. The van der Waals surface area contributed by atoms with E-state index in [1.807, 2.05) is 0 Å². The minimum Gasteiger partial charge on any atom is -0.379 e. The van der Waals surface area contributed by atoms with Gasteiger partial charge < -0.3 is 16.6 Å². The van der Waals surface area contributed by atoms with Crippen molar-refractivity contribution in [2.45, 2.75) is 25.6 Å². The molecule has 2 atom stereocenters. The van der Waals surface area contributed by atoms with E-state index in [2.05, 4.69) is 0 Å². The van der Waals surface area contributed by atoms with Gasteiger partial charge >= 0.3 is 0 Å². The lowest BCUT2D eigenvalue weighted by atomic mass is 10.2. The van der Waals surface area contributed by atoms with Crippen molar-refractivity contribution in [1.82, 2.24) is 0 Å². The minimum absolute atomic E-state index is 0.000000000000000444. The topological polar surface area (TPSA) is 72.3 Å². The maximum absolute atomic E-state index is 8.42. The molecule has 0 aliphatic heterocycles. The van der Waals surface area contributed by atoms with Crippen LogP contribution in [0, 0.1) is 0 Å². The standard InChI is InChI=1S/C4H12N2O/c1-3(5)2-4(6)7/h3-4,7H,2,5-6H2,1H3/t3?,4-/m1/s1. The van der Waals surface area contributed by atoms with Crippen LogP contribution >= 0.6 is 0 Å². The number of hydrogen-bond acceptors (Lipinski definition) is 3. The van der Waals surface area contributed by atoms with Crippen LogP contribution in [0.15, 0.2) is 0 Å². The molecule has 5 N–H and O–H groups in total. The van der Waals surface area contributed by atoms with E-state index in [4.69, 9.17) is 16.6 Å². The number of aliphatic hydroxyl groups is 1. The van der Waals surface area contributed by atoms with Gasteiger partial charge in [0.25, 0.3) is 0 Å². The molecule has 7 heavy (non-hydrogen) atoms. The molecule has 0 fully saturated rings. The molecule has 0 aromatic rings. The Bertz CT molecular complexity index is 39.0. The maximum atomic E-state index is 8.42. The summed E-state index contributed by atoms with van der Waals surface area (Å²) in [6.07, 6.45) is -0.278. The molecule has 0 bridgehead atoms. The van der Waals surface area contributed by atoms with Gasteiger partial charge in [0.05, 0.1) is 0 Å². The summed E-state index contributed by atoms with van der Waals surface area (Å²) < 4.78 is 0. The molecule has 1 unspecified atom stereocenters. The highest BCUT2D eigenvalue weighted by atomic mass is 16.3. The van der Waals surface area contributed by atoms with Crippen LogP contribution in [0.25, 0.3) is 0 Å². The zero-order valence-corrected chi connectivity index (χ0v) is 4.46. The van der Waals surface area contributed by atoms with Crippen LogP contribution in [0.1, 0.15) is 13.3 Å². The molecule has 0 aromatic carbocycles. The lowest BCUT2D eigenvalue weighted by molar-refractivity contribution is 0.165. The second-order valence-electron chi connectivity index (χ2n) is 1.78. The molecule has 0 saturated heterocycles. The molecule has 0 aromatic heterocycles. The Morgan fingerprint density at radius 1 is 1.57 bits per heavy atom. The Morgan fingerprint density at radius 2 is 2.00 bits per heavy atom. The van der Waals surface area contributed by atoms with E-state index in [9.17, 15) is 0 Å². The first-order valence-electron chi connectivity index (χ1n) is 2.32. The Morgan fingerprint density at radius 3 is 2.00 bits per heavy atom. The SMILES string of the molecule is CC(N)C[C@H](N)O. The summed E-state index contributed by atoms with van der Waals surface area (Å²) in [5.74, 6) is 0. The highest BCUT2D eigenvalue weighted by Crippen LogP contribution is 1.85. The monoisotopic (exact) mass is 104 g/mol. The van der Waals surface area contributed by atoms with Crippen molar-refractivity contribution in [2.24, 2.45) is 11.5 Å². The molecule has 0 heterocycles. The average molecular weight is 104 g/mol. The minimum atomic E-state index is -0.750. The van der Waals surface area contributed by atoms with E-state index >= 15 is 0 Å². The molecular weight excluding hydrogens is 92.1 g/mol. The summed E-state index contributed by atoms with van der Waals surface area (Å²) in [7, 11) is 0. The summed E-state index contributed by atoms with van der Waals surface area (Å²) in [6.45, 7) is 1.80. The van der Waals surface area contributed by atoms with Gasteiger partial charge in [-0.2, -0.15) is 0 Å². The van der Waals surface area contributed by atoms with Crippen LogP contribution in [0.2, 0.25) is 0 Å². The molecule has 0 rings (SSSR count). The number of rotatable bonds is 2. The first kappa shape index (κ1) is 6.88. The lowest BCUT2D eigenvalue weighted by Gasteiger charge is -2.05. The van der Waals surface area contributed by atoms with Gasteiger partial charge in [-0.15, -0.1) is 0 Å². The molecular formula is C4H12N2O. The number of aliphatic hydroxyl groups excluding tert-OH is 1. The molecule has 44 valence electrons. The summed E-state index contributed by atoms with van der Waals surface area (Å²) >= 11 is 0. The van der Waals surface area contributed by atoms with Crippen molar-refractivity contribution in [3.63, 3.8) is 0 Å².